The Morgan fingerprint density at radius 3 is 2.05 bits per heavy atom. The summed E-state index contributed by atoms with van der Waals surface area (Å²) >= 11 is 6.13. The van der Waals surface area contributed by atoms with Crippen molar-refractivity contribution in [2.24, 2.45) is 0 Å². The van der Waals surface area contributed by atoms with Crippen molar-refractivity contribution >= 4 is 50.2 Å². The number of halogens is 1. The fraction of sp³-hybridized carbons (Fsp3) is 0.467. The molecule has 0 fully saturated rings. The maximum absolute atomic E-state index is 12.9. The van der Waals surface area contributed by atoms with Crippen molar-refractivity contribution in [1.29, 1.82) is 0 Å². The van der Waals surface area contributed by atoms with Gasteiger partial charge in [-0.25, -0.2) is 13.2 Å². The molecule has 242 valence electrons. The number of para-hydroxylation sites is 1. The lowest BCUT2D eigenvalue weighted by molar-refractivity contribution is 0.0136. The Morgan fingerprint density at radius 2 is 1.43 bits per heavy atom. The molecule has 0 spiro atoms. The topological polar surface area (TPSA) is 157 Å². The molecule has 2 aromatic carbocycles. The number of aromatic nitrogens is 1. The second-order valence-corrected chi connectivity index (χ2v) is 12.8. The summed E-state index contributed by atoms with van der Waals surface area (Å²) in [6.45, 7) is 9.00. The molecule has 14 heteroatoms. The highest BCUT2D eigenvalue weighted by Gasteiger charge is 2.18. The summed E-state index contributed by atoms with van der Waals surface area (Å²) in [5.41, 5.74) is 0.783. The third kappa shape index (κ3) is 12.0. The van der Waals surface area contributed by atoms with Crippen LogP contribution in [0.1, 0.15) is 44.0 Å². The molecule has 0 unspecified atom stereocenters. The molecule has 2 amide bonds. The highest BCUT2D eigenvalue weighted by Crippen LogP contribution is 2.29. The van der Waals surface area contributed by atoms with E-state index in [1.54, 1.807) is 24.4 Å². The van der Waals surface area contributed by atoms with Crippen LogP contribution in [-0.4, -0.2) is 83.7 Å². The molecule has 0 aliphatic heterocycles. The van der Waals surface area contributed by atoms with Crippen molar-refractivity contribution < 1.29 is 37.0 Å². The fourth-order valence-electron chi connectivity index (χ4n) is 3.89. The van der Waals surface area contributed by atoms with Crippen LogP contribution in [0.4, 0.5) is 10.5 Å². The average molecular weight is 653 g/mol. The van der Waals surface area contributed by atoms with Crippen molar-refractivity contribution in [3.8, 4) is 0 Å². The Labute approximate surface area is 263 Å². The molecule has 0 saturated heterocycles. The third-order valence-corrected chi connectivity index (χ3v) is 7.66. The minimum absolute atomic E-state index is 0.0264. The molecule has 3 rings (SSSR count). The SMILES string of the molecule is CC(C)(C)OC(=O)NCCCOCCOCCOCCCNC(=O)c1ccc(S(=O)(=O)Nc2cccc3c(Cl)c[nH]c23)cc1. The van der Waals surface area contributed by atoms with Crippen LogP contribution in [0.2, 0.25) is 5.02 Å². The quantitative estimate of drug-likeness (QED) is 0.144. The number of carbonyl (C=O) groups excluding carboxylic acids is 2. The molecule has 1 heterocycles. The largest absolute Gasteiger partial charge is 0.444 e. The van der Waals surface area contributed by atoms with Crippen LogP contribution in [0.5, 0.6) is 0 Å². The van der Waals surface area contributed by atoms with Gasteiger partial charge in [-0.1, -0.05) is 23.7 Å². The van der Waals surface area contributed by atoms with Crippen molar-refractivity contribution in [3.05, 3.63) is 59.2 Å². The molecule has 0 aliphatic rings. The van der Waals surface area contributed by atoms with Crippen LogP contribution in [0, 0.1) is 0 Å². The van der Waals surface area contributed by atoms with E-state index in [0.29, 0.717) is 92.7 Å². The van der Waals surface area contributed by atoms with Crippen LogP contribution >= 0.6 is 11.6 Å². The van der Waals surface area contributed by atoms with Gasteiger partial charge < -0.3 is 34.6 Å². The van der Waals surface area contributed by atoms with Crippen molar-refractivity contribution in [2.45, 2.75) is 44.1 Å². The normalized spacial score (nSPS) is 11.8. The maximum atomic E-state index is 12.9. The van der Waals surface area contributed by atoms with E-state index >= 15 is 0 Å². The zero-order valence-corrected chi connectivity index (χ0v) is 26.8. The first kappa shape index (κ1) is 35.1. The highest BCUT2D eigenvalue weighted by atomic mass is 35.5. The zero-order valence-electron chi connectivity index (χ0n) is 25.2. The number of carbonyl (C=O) groups is 2. The van der Waals surface area contributed by atoms with E-state index in [1.807, 2.05) is 20.8 Å². The lowest BCUT2D eigenvalue weighted by Gasteiger charge is -2.19. The van der Waals surface area contributed by atoms with Gasteiger partial charge in [0.25, 0.3) is 15.9 Å². The number of hydrogen-bond acceptors (Lipinski definition) is 8. The predicted octanol–water partition coefficient (Wildman–Crippen LogP) is 4.71. The van der Waals surface area contributed by atoms with E-state index < -0.39 is 21.7 Å². The number of anilines is 1. The number of H-pyrrole nitrogens is 1. The number of ether oxygens (including phenoxy) is 4. The smallest absolute Gasteiger partial charge is 0.407 e. The van der Waals surface area contributed by atoms with Gasteiger partial charge in [0.05, 0.1) is 47.5 Å². The molecule has 4 N–H and O–H groups in total. The first-order valence-electron chi connectivity index (χ1n) is 14.3. The number of benzene rings is 2. The number of sulfonamides is 1. The second-order valence-electron chi connectivity index (χ2n) is 10.7. The molecule has 3 aromatic rings. The number of nitrogens with one attached hydrogen (secondary N) is 4. The number of aromatic amines is 1. The summed E-state index contributed by atoms with van der Waals surface area (Å²) in [5, 5.41) is 6.67. The van der Waals surface area contributed by atoms with E-state index in [0.717, 1.165) is 0 Å². The van der Waals surface area contributed by atoms with Crippen molar-refractivity contribution in [1.82, 2.24) is 15.6 Å². The molecular formula is C30H41ClN4O8S. The van der Waals surface area contributed by atoms with E-state index in [1.165, 1.54) is 24.3 Å². The minimum atomic E-state index is -3.88. The van der Waals surface area contributed by atoms with Gasteiger partial charge in [-0.15, -0.1) is 0 Å². The Balaban J connectivity index is 1.21. The summed E-state index contributed by atoms with van der Waals surface area (Å²) in [5.74, 6) is -0.309. The van der Waals surface area contributed by atoms with E-state index in [4.69, 9.17) is 30.5 Å². The Morgan fingerprint density at radius 1 is 0.841 bits per heavy atom. The van der Waals surface area contributed by atoms with E-state index in [2.05, 4.69) is 20.3 Å². The molecule has 0 radical (unpaired) electrons. The monoisotopic (exact) mass is 652 g/mol. The van der Waals surface area contributed by atoms with Gasteiger partial charge >= 0.3 is 6.09 Å². The van der Waals surface area contributed by atoms with Gasteiger partial charge in [-0.2, -0.15) is 0 Å². The molecule has 0 aliphatic carbocycles. The second kappa shape index (κ2) is 17.2. The molecule has 0 atom stereocenters. The Bertz CT molecular complexity index is 1460. The molecule has 0 saturated carbocycles. The van der Waals surface area contributed by atoms with Gasteiger partial charge in [-0.05, 0) is 63.9 Å². The van der Waals surface area contributed by atoms with Crippen molar-refractivity contribution in [2.75, 3.05) is 57.5 Å². The van der Waals surface area contributed by atoms with Gasteiger partial charge in [0.2, 0.25) is 0 Å². The van der Waals surface area contributed by atoms with Gasteiger partial charge in [0.15, 0.2) is 0 Å². The van der Waals surface area contributed by atoms with Crippen LogP contribution in [0.3, 0.4) is 0 Å². The number of alkyl carbamates (subject to hydrolysis) is 1. The maximum Gasteiger partial charge on any atom is 0.407 e. The molecule has 1 aromatic heterocycles. The summed E-state index contributed by atoms with van der Waals surface area (Å²) < 4.78 is 50.0. The third-order valence-electron chi connectivity index (χ3n) is 5.96. The fourth-order valence-corrected chi connectivity index (χ4v) is 5.18. The van der Waals surface area contributed by atoms with E-state index in [9.17, 15) is 18.0 Å². The Hall–Kier alpha value is -3.36. The highest BCUT2D eigenvalue weighted by molar-refractivity contribution is 7.92. The number of amides is 2. The summed E-state index contributed by atoms with van der Waals surface area (Å²) in [7, 11) is -3.88. The lowest BCUT2D eigenvalue weighted by Crippen LogP contribution is -2.33. The first-order chi connectivity index (χ1) is 21.0. The van der Waals surface area contributed by atoms with E-state index in [-0.39, 0.29) is 10.8 Å². The van der Waals surface area contributed by atoms with Crippen LogP contribution < -0.4 is 15.4 Å². The molecule has 12 nitrogen and oxygen atoms in total. The van der Waals surface area contributed by atoms with Gasteiger partial charge in [-0.3, -0.25) is 9.52 Å². The Kier molecular flexibility index (Phi) is 13.7. The van der Waals surface area contributed by atoms with Crippen LogP contribution in [0.15, 0.2) is 53.6 Å². The lowest BCUT2D eigenvalue weighted by atomic mass is 10.2. The molecule has 0 bridgehead atoms. The molecular weight excluding hydrogens is 612 g/mol. The summed E-state index contributed by atoms with van der Waals surface area (Å²) in [6, 6.07) is 10.8. The van der Waals surface area contributed by atoms with Crippen molar-refractivity contribution in [3.63, 3.8) is 0 Å². The van der Waals surface area contributed by atoms with Crippen LogP contribution in [0.25, 0.3) is 10.9 Å². The zero-order chi connectivity index (χ0) is 32.0. The minimum Gasteiger partial charge on any atom is -0.444 e. The van der Waals surface area contributed by atoms with Gasteiger partial charge in [0.1, 0.15) is 5.60 Å². The van der Waals surface area contributed by atoms with Gasteiger partial charge in [0, 0.05) is 43.4 Å². The first-order valence-corrected chi connectivity index (χ1v) is 16.2. The summed E-state index contributed by atoms with van der Waals surface area (Å²) in [4.78, 5) is 27.0. The predicted molar refractivity (Wildman–Crippen MR) is 169 cm³/mol. The number of rotatable bonds is 18. The van der Waals surface area contributed by atoms with Crippen LogP contribution in [-0.2, 0) is 29.0 Å². The summed E-state index contributed by atoms with van der Waals surface area (Å²) in [6.07, 6.45) is 2.44. The molecule has 44 heavy (non-hydrogen) atoms. The number of fused-ring (bicyclic) bond motifs is 1. The number of hydrogen-bond donors (Lipinski definition) is 4. The average Bonchev–Trinajstić information content (AvgIpc) is 3.35. The standard InChI is InChI=1S/C30H41ClN4O8S/c1-30(2,3)43-29(37)33-14-6-16-41-18-20-42-19-17-40-15-5-13-32-28(36)22-9-11-23(12-10-22)44(38,39)35-26-8-4-7-24-25(31)21-34-27(24)26/h4,7-12,21,34-35H,5-6,13-20H2,1-3H3,(H,32,36)(H,33,37).